The molecule has 8 nitrogen and oxygen atoms in total. The van der Waals surface area contributed by atoms with E-state index in [1.54, 1.807) is 0 Å². The first kappa shape index (κ1) is 33.7. The van der Waals surface area contributed by atoms with Gasteiger partial charge in [-0.3, -0.25) is 9.11 Å². The summed E-state index contributed by atoms with van der Waals surface area (Å²) in [7, 11) is 0.896. The molecule has 0 radical (unpaired) electrons. The predicted molar refractivity (Wildman–Crippen MR) is 166 cm³/mol. The van der Waals surface area contributed by atoms with Crippen molar-refractivity contribution in [1.29, 1.82) is 0 Å². The van der Waals surface area contributed by atoms with E-state index in [4.69, 9.17) is 9.11 Å². The van der Waals surface area contributed by atoms with Gasteiger partial charge in [-0.25, -0.2) is 0 Å². The third-order valence-corrected chi connectivity index (χ3v) is 10.4. The molecular formula is C31H50N2O6S2+2. The molecule has 0 saturated carbocycles. The lowest BCUT2D eigenvalue weighted by atomic mass is 9.71. The first-order valence-electron chi connectivity index (χ1n) is 14.6. The Labute approximate surface area is 248 Å². The van der Waals surface area contributed by atoms with E-state index in [0.717, 1.165) is 60.8 Å². The van der Waals surface area contributed by atoms with Crippen molar-refractivity contribution in [1.82, 2.24) is 0 Å². The molecule has 2 aromatic carbocycles. The van der Waals surface area contributed by atoms with Crippen molar-refractivity contribution in [3.8, 4) is 11.1 Å². The summed E-state index contributed by atoms with van der Waals surface area (Å²) >= 11 is 0. The van der Waals surface area contributed by atoms with Crippen molar-refractivity contribution in [3.63, 3.8) is 0 Å². The van der Waals surface area contributed by atoms with Gasteiger partial charge in [-0.05, 0) is 61.8 Å². The summed E-state index contributed by atoms with van der Waals surface area (Å²) in [5, 5.41) is 0. The number of unbranched alkanes of at least 4 members (excludes halogenated alkanes) is 2. The lowest BCUT2D eigenvalue weighted by Crippen LogP contribution is -2.47. The van der Waals surface area contributed by atoms with Gasteiger partial charge >= 0.3 is 0 Å². The van der Waals surface area contributed by atoms with Crippen LogP contribution in [-0.2, 0) is 25.7 Å². The summed E-state index contributed by atoms with van der Waals surface area (Å²) in [5.41, 5.74) is 7.61. The minimum atomic E-state index is -3.94. The fourth-order valence-corrected chi connectivity index (χ4v) is 7.38. The predicted octanol–water partition coefficient (Wildman–Crippen LogP) is 4.84. The zero-order valence-corrected chi connectivity index (χ0v) is 27.3. The second-order valence-electron chi connectivity index (χ2n) is 13.4. The van der Waals surface area contributed by atoms with Gasteiger partial charge in [0, 0.05) is 18.3 Å². The number of rotatable bonds is 16. The molecule has 0 bridgehead atoms. The van der Waals surface area contributed by atoms with Crippen LogP contribution in [0.5, 0.6) is 0 Å². The van der Waals surface area contributed by atoms with Gasteiger partial charge in [0.05, 0.1) is 65.9 Å². The molecule has 0 heterocycles. The molecule has 0 fully saturated rings. The average molecular weight is 611 g/mol. The molecule has 1 aliphatic carbocycles. The van der Waals surface area contributed by atoms with Gasteiger partial charge in [-0.1, -0.05) is 47.5 Å². The standard InChI is InChI=1S/C31H48N2O6S2/c1-25-11-13-27-28-14-12-26(2)24-30(28)31(29(27)23-25,15-19-32(3,4)17-7-9-21-40(34,35)36)16-20-33(5,6)18-8-10-22-41(37,38)39/h11-14,23-24H,7-10,15-22H2,1-6H3/p+2. The number of hydrogen-bond acceptors (Lipinski definition) is 4. The van der Waals surface area contributed by atoms with E-state index in [1.807, 2.05) is 0 Å². The molecule has 1 aliphatic rings. The zero-order valence-electron chi connectivity index (χ0n) is 25.7. The maximum atomic E-state index is 11.2. The number of benzene rings is 2. The largest absolute Gasteiger partial charge is 0.328 e. The molecule has 41 heavy (non-hydrogen) atoms. The Kier molecular flexibility index (Phi) is 10.5. The lowest BCUT2D eigenvalue weighted by molar-refractivity contribution is -0.893. The summed E-state index contributed by atoms with van der Waals surface area (Å²) < 4.78 is 64.4. The highest BCUT2D eigenvalue weighted by Gasteiger charge is 2.45. The van der Waals surface area contributed by atoms with Crippen LogP contribution in [0.25, 0.3) is 11.1 Å². The van der Waals surface area contributed by atoms with Gasteiger partial charge in [0.2, 0.25) is 0 Å². The van der Waals surface area contributed by atoms with Crippen molar-refractivity contribution in [2.24, 2.45) is 0 Å². The minimum absolute atomic E-state index is 0.184. The summed E-state index contributed by atoms with van der Waals surface area (Å²) in [6, 6.07) is 13.6. The van der Waals surface area contributed by atoms with Crippen molar-refractivity contribution < 1.29 is 34.9 Å². The summed E-state index contributed by atoms with van der Waals surface area (Å²) in [6.07, 6.45) is 4.21. The highest BCUT2D eigenvalue weighted by atomic mass is 32.2. The van der Waals surface area contributed by atoms with E-state index in [1.165, 1.54) is 33.4 Å². The number of quaternary nitrogens is 2. The molecule has 0 aliphatic heterocycles. The molecule has 10 heteroatoms. The Morgan fingerprint density at radius 3 is 1.32 bits per heavy atom. The van der Waals surface area contributed by atoms with Crippen LogP contribution in [0.3, 0.4) is 0 Å². The lowest BCUT2D eigenvalue weighted by Gasteiger charge is -2.40. The van der Waals surface area contributed by atoms with Crippen LogP contribution in [0.4, 0.5) is 0 Å². The fraction of sp³-hybridized carbons (Fsp3) is 0.613. The molecular weight excluding hydrogens is 560 g/mol. The number of hydrogen-bond donors (Lipinski definition) is 2. The van der Waals surface area contributed by atoms with Crippen LogP contribution in [0.15, 0.2) is 36.4 Å². The van der Waals surface area contributed by atoms with Gasteiger partial charge in [-0.2, -0.15) is 16.8 Å². The Balaban J connectivity index is 1.89. The SMILES string of the molecule is Cc1ccc2c(c1)C(CC[N+](C)(C)CCCCS(=O)(=O)O)(CC[N+](C)(C)CCCCS(=O)(=O)O)c1cc(C)ccc1-2. The van der Waals surface area contributed by atoms with Crippen LogP contribution in [-0.4, -0.2) is 101 Å². The Bertz CT molecular complexity index is 1320. The van der Waals surface area contributed by atoms with Crippen molar-refractivity contribution >= 4 is 20.2 Å². The molecule has 230 valence electrons. The molecule has 0 spiro atoms. The van der Waals surface area contributed by atoms with Crippen LogP contribution in [0, 0.1) is 13.8 Å². The second-order valence-corrected chi connectivity index (χ2v) is 16.6. The highest BCUT2D eigenvalue weighted by molar-refractivity contribution is 7.86. The van der Waals surface area contributed by atoms with E-state index in [9.17, 15) is 16.8 Å². The smallest absolute Gasteiger partial charge is 0.264 e. The minimum Gasteiger partial charge on any atom is -0.328 e. The maximum absolute atomic E-state index is 11.2. The summed E-state index contributed by atoms with van der Waals surface area (Å²) in [5.74, 6) is -0.402. The zero-order chi connectivity index (χ0) is 30.7. The molecule has 0 atom stereocenters. The molecule has 0 saturated heterocycles. The van der Waals surface area contributed by atoms with Crippen LogP contribution in [0.1, 0.15) is 60.8 Å². The van der Waals surface area contributed by atoms with E-state index < -0.39 is 20.2 Å². The van der Waals surface area contributed by atoms with Gasteiger partial charge < -0.3 is 8.97 Å². The third-order valence-electron chi connectivity index (χ3n) is 8.79. The summed E-state index contributed by atoms with van der Waals surface area (Å²) in [6.45, 7) is 7.75. The van der Waals surface area contributed by atoms with E-state index in [0.29, 0.717) is 12.8 Å². The summed E-state index contributed by atoms with van der Waals surface area (Å²) in [4.78, 5) is 0. The third kappa shape index (κ3) is 9.59. The molecule has 0 unspecified atom stereocenters. The van der Waals surface area contributed by atoms with Gasteiger partial charge in [0.25, 0.3) is 20.2 Å². The quantitative estimate of drug-likeness (QED) is 0.160. The van der Waals surface area contributed by atoms with Gasteiger partial charge in [0.1, 0.15) is 0 Å². The van der Waals surface area contributed by atoms with E-state index in [2.05, 4.69) is 78.4 Å². The Hall–Kier alpha value is -1.82. The number of fused-ring (bicyclic) bond motifs is 3. The number of nitrogens with zero attached hydrogens (tertiary/aromatic N) is 2. The van der Waals surface area contributed by atoms with Crippen molar-refractivity contribution in [2.45, 2.75) is 57.8 Å². The average Bonchev–Trinajstić information content (AvgIpc) is 3.10. The second kappa shape index (κ2) is 12.8. The molecule has 3 rings (SSSR count). The monoisotopic (exact) mass is 610 g/mol. The van der Waals surface area contributed by atoms with Crippen LogP contribution < -0.4 is 0 Å². The first-order valence-corrected chi connectivity index (χ1v) is 17.8. The number of aryl methyl sites for hydroxylation is 2. The first-order chi connectivity index (χ1) is 18.8. The van der Waals surface area contributed by atoms with Crippen molar-refractivity contribution in [3.05, 3.63) is 58.7 Å². The van der Waals surface area contributed by atoms with Gasteiger partial charge in [0.15, 0.2) is 0 Å². The van der Waals surface area contributed by atoms with Crippen molar-refractivity contribution in [2.75, 3.05) is 65.9 Å². The Morgan fingerprint density at radius 2 is 0.976 bits per heavy atom. The van der Waals surface area contributed by atoms with E-state index in [-0.39, 0.29) is 16.9 Å². The van der Waals surface area contributed by atoms with Crippen LogP contribution in [0.2, 0.25) is 0 Å². The Morgan fingerprint density at radius 1 is 0.610 bits per heavy atom. The molecule has 2 aromatic rings. The maximum Gasteiger partial charge on any atom is 0.264 e. The van der Waals surface area contributed by atoms with Crippen LogP contribution >= 0.6 is 0 Å². The molecule has 0 aromatic heterocycles. The topological polar surface area (TPSA) is 109 Å². The van der Waals surface area contributed by atoms with Gasteiger partial charge in [-0.15, -0.1) is 0 Å². The molecule has 2 N–H and O–H groups in total. The molecule has 0 amide bonds. The van der Waals surface area contributed by atoms with E-state index >= 15 is 0 Å². The highest BCUT2D eigenvalue weighted by Crippen LogP contribution is 2.53. The normalized spacial score (nSPS) is 15.1. The fourth-order valence-electron chi connectivity index (χ4n) is 6.25.